The zero-order valence-electron chi connectivity index (χ0n) is 9.38. The molecule has 2 aliphatic rings. The first kappa shape index (κ1) is 11.2. The third-order valence-corrected chi connectivity index (χ3v) is 5.00. The maximum absolute atomic E-state index is 2.54. The van der Waals surface area contributed by atoms with Crippen LogP contribution < -0.4 is 0 Å². The molecule has 2 heteroatoms. The molecule has 2 fully saturated rings. The van der Waals surface area contributed by atoms with Crippen LogP contribution in [0.2, 0.25) is 0 Å². The van der Waals surface area contributed by atoms with E-state index in [2.05, 4.69) is 39.8 Å². The van der Waals surface area contributed by atoms with E-state index in [1.807, 2.05) is 0 Å². The third-order valence-electron chi connectivity index (χ3n) is 4.22. The number of rotatable bonds is 1. The molecule has 14 heavy (non-hydrogen) atoms. The fraction of sp³-hybridized carbons (Fsp3) is 1.00. The fourth-order valence-electron chi connectivity index (χ4n) is 3.43. The maximum Gasteiger partial charge on any atom is 0.0201 e. The predicted octanol–water partition coefficient (Wildman–Crippen LogP) is 3.73. The lowest BCUT2D eigenvalue weighted by molar-refractivity contribution is 0.0607. The lowest BCUT2D eigenvalue weighted by atomic mass is 9.67. The summed E-state index contributed by atoms with van der Waals surface area (Å²) in [6.45, 7) is 7.51. The summed E-state index contributed by atoms with van der Waals surface area (Å²) in [5.41, 5.74) is 0. The number of halogens is 1. The summed E-state index contributed by atoms with van der Waals surface area (Å²) in [6.07, 6.45) is 5.98. The largest absolute Gasteiger partial charge is 0.247 e. The van der Waals surface area contributed by atoms with E-state index in [1.165, 1.54) is 38.8 Å². The van der Waals surface area contributed by atoms with Crippen LogP contribution in [0.5, 0.6) is 0 Å². The molecule has 82 valence electrons. The van der Waals surface area contributed by atoms with E-state index in [4.69, 9.17) is 0 Å². The van der Waals surface area contributed by atoms with Crippen LogP contribution in [0.1, 0.15) is 39.5 Å². The van der Waals surface area contributed by atoms with Crippen molar-refractivity contribution in [2.45, 2.75) is 39.5 Å². The number of nitrogens with zero attached hydrogens (tertiary/aromatic N) is 1. The lowest BCUT2D eigenvalue weighted by Crippen LogP contribution is -2.45. The zero-order chi connectivity index (χ0) is 10.1. The van der Waals surface area contributed by atoms with E-state index >= 15 is 0 Å². The van der Waals surface area contributed by atoms with Gasteiger partial charge in [0.1, 0.15) is 0 Å². The zero-order valence-corrected chi connectivity index (χ0v) is 11.5. The van der Waals surface area contributed by atoms with Crippen LogP contribution in [0.25, 0.3) is 0 Å². The Morgan fingerprint density at radius 2 is 1.86 bits per heavy atom. The molecule has 0 aromatic carbocycles. The predicted molar refractivity (Wildman–Crippen MR) is 69.4 cm³/mol. The highest BCUT2D eigenvalue weighted by Gasteiger charge is 2.38. The smallest absolute Gasteiger partial charge is 0.0201 e. The van der Waals surface area contributed by atoms with Crippen LogP contribution in [0.3, 0.4) is 0 Å². The Hall–Kier alpha value is 0.690. The molecular weight excluding hydrogens is 285 g/mol. The Labute approximate surface area is 102 Å². The Balaban J connectivity index is 2.07. The lowest BCUT2D eigenvalue weighted by Gasteiger charge is -2.46. The highest BCUT2D eigenvalue weighted by atomic mass is 127. The van der Waals surface area contributed by atoms with Gasteiger partial charge in [0.15, 0.2) is 0 Å². The molecule has 1 saturated heterocycles. The van der Waals surface area contributed by atoms with E-state index in [0.717, 1.165) is 23.7 Å². The molecule has 0 amide bonds. The second kappa shape index (κ2) is 4.69. The van der Waals surface area contributed by atoms with Gasteiger partial charge in [-0.05, 0) is 36.5 Å². The summed E-state index contributed by atoms with van der Waals surface area (Å²) < 4.78 is 2.54. The summed E-state index contributed by atoms with van der Waals surface area (Å²) in [6, 6.07) is 0. The molecule has 1 saturated carbocycles. The van der Waals surface area contributed by atoms with Gasteiger partial charge in [0.25, 0.3) is 0 Å². The van der Waals surface area contributed by atoms with E-state index in [0.29, 0.717) is 0 Å². The highest BCUT2D eigenvalue weighted by molar-refractivity contribution is 14.1. The standard InChI is InChI=1S/C12H22IN/c1-9(2)12-8-14(13)7-10-5-3-4-6-11(10)12/h9-12H,3-8H2,1-2H3/t10-,11+,12-/m1/s1. The molecule has 0 aromatic heterocycles. The summed E-state index contributed by atoms with van der Waals surface area (Å²) in [7, 11) is 0. The molecule has 0 aromatic rings. The molecule has 3 atom stereocenters. The summed E-state index contributed by atoms with van der Waals surface area (Å²) in [4.78, 5) is 0. The topological polar surface area (TPSA) is 3.24 Å². The van der Waals surface area contributed by atoms with Gasteiger partial charge in [-0.2, -0.15) is 0 Å². The minimum absolute atomic E-state index is 0.873. The molecule has 2 rings (SSSR count). The number of hydrogen-bond donors (Lipinski definition) is 0. The molecule has 1 nitrogen and oxygen atoms in total. The van der Waals surface area contributed by atoms with Crippen molar-refractivity contribution in [1.82, 2.24) is 3.11 Å². The first-order valence-electron chi connectivity index (χ1n) is 6.09. The van der Waals surface area contributed by atoms with E-state index in [-0.39, 0.29) is 0 Å². The van der Waals surface area contributed by atoms with Crippen LogP contribution in [0.15, 0.2) is 0 Å². The van der Waals surface area contributed by atoms with Gasteiger partial charge in [0.2, 0.25) is 0 Å². The second-order valence-corrected chi connectivity index (χ2v) is 6.81. The Bertz CT molecular complexity index is 193. The van der Waals surface area contributed by atoms with Crippen LogP contribution >= 0.6 is 22.9 Å². The number of piperidine rings is 1. The van der Waals surface area contributed by atoms with E-state index in [1.54, 1.807) is 0 Å². The molecule has 1 heterocycles. The molecule has 0 spiro atoms. The average Bonchev–Trinajstić information content (AvgIpc) is 2.16. The first-order valence-corrected chi connectivity index (χ1v) is 7.05. The Morgan fingerprint density at radius 3 is 2.57 bits per heavy atom. The minimum Gasteiger partial charge on any atom is -0.247 e. The van der Waals surface area contributed by atoms with Crippen molar-refractivity contribution in [1.29, 1.82) is 0 Å². The van der Waals surface area contributed by atoms with Gasteiger partial charge in [-0.1, -0.05) is 26.7 Å². The van der Waals surface area contributed by atoms with Crippen molar-refractivity contribution in [3.63, 3.8) is 0 Å². The second-order valence-electron chi connectivity index (χ2n) is 5.44. The van der Waals surface area contributed by atoms with Gasteiger partial charge < -0.3 is 0 Å². The van der Waals surface area contributed by atoms with Crippen molar-refractivity contribution in [3.8, 4) is 0 Å². The molecule has 0 radical (unpaired) electrons. The van der Waals surface area contributed by atoms with Crippen molar-refractivity contribution in [2.24, 2.45) is 23.7 Å². The number of fused-ring (bicyclic) bond motifs is 1. The summed E-state index contributed by atoms with van der Waals surface area (Å²) in [5.74, 6) is 3.90. The maximum atomic E-state index is 2.54. The monoisotopic (exact) mass is 307 g/mol. The molecule has 0 unspecified atom stereocenters. The molecular formula is C12H22IN. The normalized spacial score (nSPS) is 39.9. The first-order chi connectivity index (χ1) is 6.68. The van der Waals surface area contributed by atoms with Crippen molar-refractivity contribution < 1.29 is 0 Å². The van der Waals surface area contributed by atoms with Gasteiger partial charge in [-0.3, -0.25) is 0 Å². The fourth-order valence-corrected chi connectivity index (χ4v) is 4.39. The van der Waals surface area contributed by atoms with Gasteiger partial charge in [-0.25, -0.2) is 3.11 Å². The van der Waals surface area contributed by atoms with Crippen LogP contribution in [-0.4, -0.2) is 16.2 Å². The summed E-state index contributed by atoms with van der Waals surface area (Å²) in [5, 5.41) is 0. The molecule has 0 N–H and O–H groups in total. The SMILES string of the molecule is CC(C)[C@H]1CN(I)C[C@H]2CCCC[C@@H]21. The quantitative estimate of drug-likeness (QED) is 0.527. The van der Waals surface area contributed by atoms with Crippen LogP contribution in [0, 0.1) is 23.7 Å². The number of hydrogen-bond acceptors (Lipinski definition) is 1. The van der Waals surface area contributed by atoms with Gasteiger partial charge in [0.05, 0.1) is 0 Å². The van der Waals surface area contributed by atoms with Crippen LogP contribution in [0.4, 0.5) is 0 Å². The minimum atomic E-state index is 0.873. The van der Waals surface area contributed by atoms with E-state index < -0.39 is 0 Å². The molecule has 0 bridgehead atoms. The van der Waals surface area contributed by atoms with Crippen molar-refractivity contribution in [3.05, 3.63) is 0 Å². The Kier molecular flexibility index (Phi) is 3.74. The average molecular weight is 307 g/mol. The van der Waals surface area contributed by atoms with E-state index in [9.17, 15) is 0 Å². The highest BCUT2D eigenvalue weighted by Crippen LogP contribution is 2.42. The third kappa shape index (κ3) is 2.26. The summed E-state index contributed by atoms with van der Waals surface area (Å²) >= 11 is 2.53. The van der Waals surface area contributed by atoms with Gasteiger partial charge >= 0.3 is 0 Å². The molecule has 1 aliphatic heterocycles. The van der Waals surface area contributed by atoms with Gasteiger partial charge in [0, 0.05) is 36.0 Å². The molecule has 1 aliphatic carbocycles. The van der Waals surface area contributed by atoms with Crippen LogP contribution in [-0.2, 0) is 0 Å². The van der Waals surface area contributed by atoms with Crippen molar-refractivity contribution in [2.75, 3.05) is 13.1 Å². The van der Waals surface area contributed by atoms with Crippen molar-refractivity contribution >= 4 is 22.9 Å². The Morgan fingerprint density at radius 1 is 1.14 bits per heavy atom. The van der Waals surface area contributed by atoms with Gasteiger partial charge in [-0.15, -0.1) is 0 Å².